The topological polar surface area (TPSA) is 93.4 Å². The summed E-state index contributed by atoms with van der Waals surface area (Å²) in [5.74, 6) is 0.214. The van der Waals surface area contributed by atoms with E-state index >= 15 is 0 Å². The molecule has 108 valence electrons. The van der Waals surface area contributed by atoms with Gasteiger partial charge in [-0.1, -0.05) is 0 Å². The van der Waals surface area contributed by atoms with Gasteiger partial charge in [0.05, 0.1) is 11.1 Å². The van der Waals surface area contributed by atoms with Crippen LogP contribution in [-0.2, 0) is 4.79 Å². The number of anilines is 1. The Hall–Kier alpha value is -2.08. The monoisotopic (exact) mass is 277 g/mol. The highest BCUT2D eigenvalue weighted by atomic mass is 16.5. The van der Waals surface area contributed by atoms with E-state index in [0.717, 1.165) is 0 Å². The summed E-state index contributed by atoms with van der Waals surface area (Å²) in [6.45, 7) is 4.70. The van der Waals surface area contributed by atoms with Crippen LogP contribution in [0.15, 0.2) is 18.2 Å². The molecule has 1 aromatic rings. The fourth-order valence-electron chi connectivity index (χ4n) is 1.80. The van der Waals surface area contributed by atoms with Gasteiger partial charge < -0.3 is 21.1 Å². The lowest BCUT2D eigenvalue weighted by atomic mass is 9.94. The highest BCUT2D eigenvalue weighted by Crippen LogP contribution is 2.32. The van der Waals surface area contributed by atoms with Crippen molar-refractivity contribution in [3.8, 4) is 5.75 Å². The number of rotatable bonds is 3. The predicted molar refractivity (Wildman–Crippen MR) is 75.7 cm³/mol. The van der Waals surface area contributed by atoms with Crippen LogP contribution in [0.4, 0.5) is 5.69 Å². The maximum atomic E-state index is 12.0. The standard InChI is InChI=1S/C14H19N3O3/c1-14(2)8-20-11-4-3-9(12(18)16-6-5-15)7-10(11)17-13(14)19/h3-4,7H,5-6,8,15H2,1-2H3,(H,16,18)(H,17,19). The van der Waals surface area contributed by atoms with Gasteiger partial charge in [-0.2, -0.15) is 0 Å². The molecule has 6 heteroatoms. The lowest BCUT2D eigenvalue weighted by Gasteiger charge is -2.18. The van der Waals surface area contributed by atoms with Gasteiger partial charge in [0.2, 0.25) is 5.91 Å². The molecule has 0 aromatic heterocycles. The first-order valence-electron chi connectivity index (χ1n) is 6.50. The molecule has 1 aliphatic heterocycles. The highest BCUT2D eigenvalue weighted by molar-refractivity contribution is 6.00. The third-order valence-corrected chi connectivity index (χ3v) is 3.12. The van der Waals surface area contributed by atoms with Crippen LogP contribution in [0.2, 0.25) is 0 Å². The number of hydrogen-bond acceptors (Lipinski definition) is 4. The second-order valence-electron chi connectivity index (χ2n) is 5.38. The SMILES string of the molecule is CC1(C)COc2ccc(C(=O)NCCN)cc2NC1=O. The van der Waals surface area contributed by atoms with Crippen LogP contribution in [-0.4, -0.2) is 31.5 Å². The number of hydrogen-bond donors (Lipinski definition) is 3. The Balaban J connectivity index is 2.24. The Labute approximate surface area is 117 Å². The zero-order chi connectivity index (χ0) is 14.8. The van der Waals surface area contributed by atoms with Gasteiger partial charge in [-0.05, 0) is 32.0 Å². The van der Waals surface area contributed by atoms with E-state index in [0.29, 0.717) is 36.7 Å². The molecule has 4 N–H and O–H groups in total. The highest BCUT2D eigenvalue weighted by Gasteiger charge is 2.32. The smallest absolute Gasteiger partial charge is 0.251 e. The molecule has 0 spiro atoms. The van der Waals surface area contributed by atoms with Crippen molar-refractivity contribution in [3.05, 3.63) is 23.8 Å². The number of amides is 2. The third kappa shape index (κ3) is 2.91. The quantitative estimate of drug-likeness (QED) is 0.759. The fourth-order valence-corrected chi connectivity index (χ4v) is 1.80. The largest absolute Gasteiger partial charge is 0.490 e. The molecule has 2 rings (SSSR count). The minimum absolute atomic E-state index is 0.129. The average Bonchev–Trinajstić information content (AvgIpc) is 2.53. The van der Waals surface area contributed by atoms with Crippen molar-refractivity contribution in [1.29, 1.82) is 0 Å². The summed E-state index contributed by atoms with van der Waals surface area (Å²) in [7, 11) is 0. The van der Waals surface area contributed by atoms with Gasteiger partial charge in [0, 0.05) is 18.7 Å². The van der Waals surface area contributed by atoms with E-state index in [1.54, 1.807) is 18.2 Å². The minimum Gasteiger partial charge on any atom is -0.490 e. The number of ether oxygens (including phenoxy) is 1. The molecule has 0 fully saturated rings. The lowest BCUT2D eigenvalue weighted by Crippen LogP contribution is -2.33. The number of benzene rings is 1. The zero-order valence-corrected chi connectivity index (χ0v) is 11.7. The Bertz CT molecular complexity index is 540. The molecule has 2 amide bonds. The van der Waals surface area contributed by atoms with Gasteiger partial charge in [-0.25, -0.2) is 0 Å². The number of fused-ring (bicyclic) bond motifs is 1. The molecule has 0 radical (unpaired) electrons. The molecule has 1 aromatic carbocycles. The van der Waals surface area contributed by atoms with Gasteiger partial charge in [0.25, 0.3) is 5.91 Å². The van der Waals surface area contributed by atoms with Crippen molar-refractivity contribution in [2.45, 2.75) is 13.8 Å². The molecule has 0 bridgehead atoms. The van der Waals surface area contributed by atoms with Crippen molar-refractivity contribution >= 4 is 17.5 Å². The predicted octanol–water partition coefficient (Wildman–Crippen LogP) is 0.732. The first-order valence-corrected chi connectivity index (χ1v) is 6.50. The van der Waals surface area contributed by atoms with Crippen LogP contribution in [0.5, 0.6) is 5.75 Å². The van der Waals surface area contributed by atoms with Crippen molar-refractivity contribution in [1.82, 2.24) is 5.32 Å². The third-order valence-electron chi connectivity index (χ3n) is 3.12. The second kappa shape index (κ2) is 5.50. The van der Waals surface area contributed by atoms with Crippen molar-refractivity contribution < 1.29 is 14.3 Å². The van der Waals surface area contributed by atoms with Crippen LogP contribution in [0.25, 0.3) is 0 Å². The fraction of sp³-hybridized carbons (Fsp3) is 0.429. The van der Waals surface area contributed by atoms with E-state index in [1.165, 1.54) is 0 Å². The van der Waals surface area contributed by atoms with E-state index in [1.807, 2.05) is 13.8 Å². The minimum atomic E-state index is -0.610. The number of carbonyl (C=O) groups is 2. The Morgan fingerprint density at radius 3 is 2.95 bits per heavy atom. The van der Waals surface area contributed by atoms with Crippen LogP contribution in [0, 0.1) is 5.41 Å². The van der Waals surface area contributed by atoms with Gasteiger partial charge >= 0.3 is 0 Å². The first-order chi connectivity index (χ1) is 9.44. The van der Waals surface area contributed by atoms with Gasteiger partial charge in [0.15, 0.2) is 0 Å². The Kier molecular flexibility index (Phi) is 3.94. The van der Waals surface area contributed by atoms with Crippen LogP contribution >= 0.6 is 0 Å². The normalized spacial score (nSPS) is 16.4. The zero-order valence-electron chi connectivity index (χ0n) is 11.7. The van der Waals surface area contributed by atoms with E-state index in [-0.39, 0.29) is 11.8 Å². The summed E-state index contributed by atoms with van der Waals surface area (Å²) < 4.78 is 5.61. The van der Waals surface area contributed by atoms with Crippen molar-refractivity contribution in [2.24, 2.45) is 11.1 Å². The molecule has 0 atom stereocenters. The van der Waals surface area contributed by atoms with Gasteiger partial charge in [-0.15, -0.1) is 0 Å². The molecule has 0 saturated heterocycles. The first kappa shape index (κ1) is 14.3. The molecule has 0 saturated carbocycles. The molecule has 20 heavy (non-hydrogen) atoms. The number of nitrogens with two attached hydrogens (primary N) is 1. The number of carbonyl (C=O) groups excluding carboxylic acids is 2. The molecule has 0 unspecified atom stereocenters. The molecule has 1 aliphatic rings. The maximum Gasteiger partial charge on any atom is 0.251 e. The Morgan fingerprint density at radius 1 is 1.50 bits per heavy atom. The van der Waals surface area contributed by atoms with Crippen LogP contribution < -0.4 is 21.1 Å². The van der Waals surface area contributed by atoms with E-state index in [4.69, 9.17) is 10.5 Å². The van der Waals surface area contributed by atoms with E-state index in [9.17, 15) is 9.59 Å². The summed E-state index contributed by atoms with van der Waals surface area (Å²) in [5, 5.41) is 5.48. The summed E-state index contributed by atoms with van der Waals surface area (Å²) >= 11 is 0. The molecular weight excluding hydrogens is 258 g/mol. The lowest BCUT2D eigenvalue weighted by molar-refractivity contribution is -0.124. The Morgan fingerprint density at radius 2 is 2.25 bits per heavy atom. The van der Waals surface area contributed by atoms with Crippen molar-refractivity contribution in [2.75, 3.05) is 25.0 Å². The molecular formula is C14H19N3O3. The van der Waals surface area contributed by atoms with E-state index < -0.39 is 5.41 Å². The van der Waals surface area contributed by atoms with E-state index in [2.05, 4.69) is 10.6 Å². The summed E-state index contributed by atoms with van der Waals surface area (Å²) in [6.07, 6.45) is 0. The summed E-state index contributed by atoms with van der Waals surface area (Å²) in [6, 6.07) is 4.96. The van der Waals surface area contributed by atoms with Gasteiger partial charge in [0.1, 0.15) is 12.4 Å². The molecule has 0 aliphatic carbocycles. The van der Waals surface area contributed by atoms with Gasteiger partial charge in [-0.3, -0.25) is 9.59 Å². The molecule has 1 heterocycles. The average molecular weight is 277 g/mol. The molecule has 6 nitrogen and oxygen atoms in total. The van der Waals surface area contributed by atoms with Crippen LogP contribution in [0.1, 0.15) is 24.2 Å². The second-order valence-corrected chi connectivity index (χ2v) is 5.38. The number of nitrogens with one attached hydrogen (secondary N) is 2. The maximum absolute atomic E-state index is 12.0. The van der Waals surface area contributed by atoms with Crippen molar-refractivity contribution in [3.63, 3.8) is 0 Å². The summed E-state index contributed by atoms with van der Waals surface area (Å²) in [4.78, 5) is 23.9. The van der Waals surface area contributed by atoms with Crippen LogP contribution in [0.3, 0.4) is 0 Å². The summed E-state index contributed by atoms with van der Waals surface area (Å²) in [5.41, 5.74) is 5.71.